The number of aromatic nitrogens is 3. The molecule has 2 rings (SSSR count). The summed E-state index contributed by atoms with van der Waals surface area (Å²) >= 11 is 0. The van der Waals surface area contributed by atoms with Crippen LogP contribution in [0.4, 0.5) is 0 Å². The lowest BCUT2D eigenvalue weighted by atomic mass is 10.1. The zero-order valence-electron chi connectivity index (χ0n) is 11.8. The number of carbonyl (C=O) groups is 1. The SMILES string of the molecule is CCCc1c(C(=O)O)nnn1Cc1ccc(CC)cc1. The second-order valence-electron chi connectivity index (χ2n) is 4.77. The van der Waals surface area contributed by atoms with Crippen molar-refractivity contribution in [2.45, 2.75) is 39.7 Å². The summed E-state index contributed by atoms with van der Waals surface area (Å²) in [5, 5.41) is 16.9. The number of nitrogens with zero attached hydrogens (tertiary/aromatic N) is 3. The van der Waals surface area contributed by atoms with Gasteiger partial charge in [-0.05, 0) is 24.0 Å². The van der Waals surface area contributed by atoms with Gasteiger partial charge >= 0.3 is 5.97 Å². The molecule has 0 atom stereocenters. The number of benzene rings is 1. The Balaban J connectivity index is 2.25. The van der Waals surface area contributed by atoms with Gasteiger partial charge in [-0.1, -0.05) is 49.7 Å². The van der Waals surface area contributed by atoms with Gasteiger partial charge < -0.3 is 5.11 Å². The molecule has 5 nitrogen and oxygen atoms in total. The highest BCUT2D eigenvalue weighted by molar-refractivity contribution is 5.86. The Kier molecular flexibility index (Phi) is 4.50. The first-order chi connectivity index (χ1) is 9.65. The fraction of sp³-hybridized carbons (Fsp3) is 0.400. The molecular weight excluding hydrogens is 254 g/mol. The molecule has 1 heterocycles. The van der Waals surface area contributed by atoms with Crippen molar-refractivity contribution in [1.82, 2.24) is 15.0 Å². The van der Waals surface area contributed by atoms with Crippen molar-refractivity contribution in [3.8, 4) is 0 Å². The van der Waals surface area contributed by atoms with Crippen molar-refractivity contribution in [2.75, 3.05) is 0 Å². The number of aryl methyl sites for hydroxylation is 1. The molecule has 106 valence electrons. The summed E-state index contributed by atoms with van der Waals surface area (Å²) in [7, 11) is 0. The van der Waals surface area contributed by atoms with Crippen molar-refractivity contribution < 1.29 is 9.90 Å². The molecule has 1 aromatic carbocycles. The maximum atomic E-state index is 11.1. The van der Waals surface area contributed by atoms with Gasteiger partial charge in [0, 0.05) is 0 Å². The number of hydrogen-bond donors (Lipinski definition) is 1. The van der Waals surface area contributed by atoms with Crippen LogP contribution in [0.25, 0.3) is 0 Å². The van der Waals surface area contributed by atoms with Crippen LogP contribution in [0.5, 0.6) is 0 Å². The molecule has 0 aliphatic rings. The quantitative estimate of drug-likeness (QED) is 0.878. The zero-order chi connectivity index (χ0) is 14.5. The minimum Gasteiger partial charge on any atom is -0.476 e. The van der Waals surface area contributed by atoms with Gasteiger partial charge in [-0.2, -0.15) is 0 Å². The standard InChI is InChI=1S/C15H19N3O2/c1-3-5-13-14(15(19)20)16-17-18(13)10-12-8-6-11(4-2)7-9-12/h6-9H,3-5,10H2,1-2H3,(H,19,20). The van der Waals surface area contributed by atoms with Crippen LogP contribution in [0, 0.1) is 0 Å². The molecule has 0 radical (unpaired) electrons. The summed E-state index contributed by atoms with van der Waals surface area (Å²) in [6, 6.07) is 8.28. The molecule has 0 fully saturated rings. The maximum absolute atomic E-state index is 11.1. The summed E-state index contributed by atoms with van der Waals surface area (Å²) in [5.74, 6) is -1.01. The van der Waals surface area contributed by atoms with E-state index in [1.54, 1.807) is 4.68 Å². The van der Waals surface area contributed by atoms with Gasteiger partial charge in [0.25, 0.3) is 0 Å². The number of rotatable bonds is 6. The average Bonchev–Trinajstić information content (AvgIpc) is 2.83. The molecule has 1 N–H and O–H groups in total. The van der Waals surface area contributed by atoms with Gasteiger partial charge in [-0.15, -0.1) is 5.10 Å². The van der Waals surface area contributed by atoms with Crippen LogP contribution in [0.15, 0.2) is 24.3 Å². The third kappa shape index (κ3) is 3.04. The first-order valence-electron chi connectivity index (χ1n) is 6.89. The second kappa shape index (κ2) is 6.32. The minimum absolute atomic E-state index is 0.0667. The Morgan fingerprint density at radius 1 is 1.20 bits per heavy atom. The van der Waals surface area contributed by atoms with Crippen LogP contribution in [0.3, 0.4) is 0 Å². The van der Waals surface area contributed by atoms with Crippen LogP contribution >= 0.6 is 0 Å². The van der Waals surface area contributed by atoms with Crippen molar-refractivity contribution in [3.05, 3.63) is 46.8 Å². The molecule has 0 spiro atoms. The highest BCUT2D eigenvalue weighted by Crippen LogP contribution is 2.12. The summed E-state index contributed by atoms with van der Waals surface area (Å²) in [5.41, 5.74) is 3.14. The molecule has 5 heteroatoms. The van der Waals surface area contributed by atoms with Crippen LogP contribution in [0.2, 0.25) is 0 Å². The Morgan fingerprint density at radius 3 is 2.40 bits per heavy atom. The highest BCUT2D eigenvalue weighted by Gasteiger charge is 2.18. The molecule has 1 aromatic heterocycles. The third-order valence-corrected chi connectivity index (χ3v) is 3.29. The van der Waals surface area contributed by atoms with E-state index in [0.29, 0.717) is 18.7 Å². The average molecular weight is 273 g/mol. The molecular formula is C15H19N3O2. The number of carboxylic acids is 1. The van der Waals surface area contributed by atoms with E-state index in [9.17, 15) is 4.79 Å². The lowest BCUT2D eigenvalue weighted by molar-refractivity contribution is 0.0689. The van der Waals surface area contributed by atoms with Crippen LogP contribution in [0.1, 0.15) is 47.6 Å². The Bertz CT molecular complexity index is 588. The monoisotopic (exact) mass is 273 g/mol. The van der Waals surface area contributed by atoms with Gasteiger partial charge in [-0.25, -0.2) is 9.48 Å². The lowest BCUT2D eigenvalue weighted by Gasteiger charge is -2.07. The van der Waals surface area contributed by atoms with Crippen LogP contribution in [-0.4, -0.2) is 26.1 Å². The highest BCUT2D eigenvalue weighted by atomic mass is 16.4. The lowest BCUT2D eigenvalue weighted by Crippen LogP contribution is -2.09. The molecule has 0 saturated heterocycles. The van der Waals surface area contributed by atoms with Crippen molar-refractivity contribution >= 4 is 5.97 Å². The Morgan fingerprint density at radius 2 is 1.85 bits per heavy atom. The third-order valence-electron chi connectivity index (χ3n) is 3.29. The topological polar surface area (TPSA) is 68.0 Å². The summed E-state index contributed by atoms with van der Waals surface area (Å²) in [6.45, 7) is 4.68. The molecule has 0 saturated carbocycles. The van der Waals surface area contributed by atoms with Crippen molar-refractivity contribution in [1.29, 1.82) is 0 Å². The van der Waals surface area contributed by atoms with E-state index in [1.807, 2.05) is 6.92 Å². The first-order valence-corrected chi connectivity index (χ1v) is 6.89. The minimum atomic E-state index is -1.01. The number of aromatic carboxylic acids is 1. The zero-order valence-corrected chi connectivity index (χ0v) is 11.8. The molecule has 20 heavy (non-hydrogen) atoms. The normalized spacial score (nSPS) is 10.7. The van der Waals surface area contributed by atoms with E-state index < -0.39 is 5.97 Å². The van der Waals surface area contributed by atoms with E-state index in [-0.39, 0.29) is 5.69 Å². The van der Waals surface area contributed by atoms with E-state index in [0.717, 1.165) is 18.4 Å². The summed E-state index contributed by atoms with van der Waals surface area (Å²) in [4.78, 5) is 11.1. The first kappa shape index (κ1) is 14.2. The van der Waals surface area contributed by atoms with E-state index in [4.69, 9.17) is 5.11 Å². The number of hydrogen-bond acceptors (Lipinski definition) is 3. The second-order valence-corrected chi connectivity index (χ2v) is 4.77. The van der Waals surface area contributed by atoms with Crippen LogP contribution < -0.4 is 0 Å². The smallest absolute Gasteiger partial charge is 0.358 e. The van der Waals surface area contributed by atoms with E-state index in [2.05, 4.69) is 41.5 Å². The summed E-state index contributed by atoms with van der Waals surface area (Å²) < 4.78 is 1.69. The largest absolute Gasteiger partial charge is 0.476 e. The molecule has 0 unspecified atom stereocenters. The maximum Gasteiger partial charge on any atom is 0.358 e. The molecule has 0 aliphatic carbocycles. The Labute approximate surface area is 118 Å². The van der Waals surface area contributed by atoms with Crippen molar-refractivity contribution in [3.63, 3.8) is 0 Å². The molecule has 0 aliphatic heterocycles. The van der Waals surface area contributed by atoms with Gasteiger partial charge in [0.15, 0.2) is 5.69 Å². The van der Waals surface area contributed by atoms with Crippen molar-refractivity contribution in [2.24, 2.45) is 0 Å². The Hall–Kier alpha value is -2.17. The fourth-order valence-corrected chi connectivity index (χ4v) is 2.16. The molecule has 0 amide bonds. The number of carboxylic acid groups (broad SMARTS) is 1. The van der Waals surface area contributed by atoms with Gasteiger partial charge in [-0.3, -0.25) is 0 Å². The molecule has 0 bridgehead atoms. The van der Waals surface area contributed by atoms with Gasteiger partial charge in [0.05, 0.1) is 12.2 Å². The van der Waals surface area contributed by atoms with Gasteiger partial charge in [0.2, 0.25) is 0 Å². The van der Waals surface area contributed by atoms with E-state index >= 15 is 0 Å². The predicted molar refractivity (Wildman–Crippen MR) is 75.9 cm³/mol. The van der Waals surface area contributed by atoms with Gasteiger partial charge in [0.1, 0.15) is 0 Å². The molecule has 2 aromatic rings. The predicted octanol–water partition coefficient (Wildman–Crippen LogP) is 2.54. The van der Waals surface area contributed by atoms with E-state index in [1.165, 1.54) is 5.56 Å². The summed E-state index contributed by atoms with van der Waals surface area (Å²) in [6.07, 6.45) is 2.54. The van der Waals surface area contributed by atoms with Crippen LogP contribution in [-0.2, 0) is 19.4 Å². The fourth-order valence-electron chi connectivity index (χ4n) is 2.16.